The van der Waals surface area contributed by atoms with Crippen LogP contribution in [-0.4, -0.2) is 0 Å². The van der Waals surface area contributed by atoms with Gasteiger partial charge in [0.1, 0.15) is 11.5 Å². The summed E-state index contributed by atoms with van der Waals surface area (Å²) >= 11 is 0. The number of hydrogen-bond acceptors (Lipinski definition) is 1. The molecule has 0 N–H and O–H groups in total. The van der Waals surface area contributed by atoms with Crippen molar-refractivity contribution < 1.29 is 4.74 Å². The Kier molecular flexibility index (Phi) is 10.3. The van der Waals surface area contributed by atoms with Crippen LogP contribution in [-0.2, 0) is 6.42 Å². The maximum atomic E-state index is 6.71. The molecule has 29 heavy (non-hydrogen) atoms. The van der Waals surface area contributed by atoms with Crippen molar-refractivity contribution in [2.24, 2.45) is 0 Å². The van der Waals surface area contributed by atoms with Crippen molar-refractivity contribution in [3.63, 3.8) is 0 Å². The second-order valence-electron chi connectivity index (χ2n) is 9.69. The molecule has 0 aromatic heterocycles. The van der Waals surface area contributed by atoms with Crippen LogP contribution >= 0.6 is 0 Å². The third kappa shape index (κ3) is 7.19. The largest absolute Gasteiger partial charge is 0.461 e. The summed E-state index contributed by atoms with van der Waals surface area (Å²) in [5.41, 5.74) is 5.88. The second-order valence-corrected chi connectivity index (χ2v) is 9.69. The number of fused-ring (bicyclic) bond motifs is 1. The first-order valence-corrected chi connectivity index (χ1v) is 12.5. The van der Waals surface area contributed by atoms with Gasteiger partial charge in [-0.2, -0.15) is 0 Å². The fourth-order valence-corrected chi connectivity index (χ4v) is 4.39. The first-order valence-electron chi connectivity index (χ1n) is 12.5. The highest BCUT2D eigenvalue weighted by molar-refractivity contribution is 5.51. The summed E-state index contributed by atoms with van der Waals surface area (Å²) in [5.74, 6) is 3.56. The molecule has 164 valence electrons. The molecule has 0 spiro atoms. The summed E-state index contributed by atoms with van der Waals surface area (Å²) in [5, 5.41) is 0. The van der Waals surface area contributed by atoms with E-state index in [0.29, 0.717) is 11.8 Å². The van der Waals surface area contributed by atoms with E-state index in [1.807, 2.05) is 0 Å². The number of hydrogen-bond donors (Lipinski definition) is 0. The van der Waals surface area contributed by atoms with Crippen LogP contribution in [0.1, 0.15) is 141 Å². The molecule has 0 fully saturated rings. The van der Waals surface area contributed by atoms with Gasteiger partial charge in [0.15, 0.2) is 0 Å². The zero-order valence-electron chi connectivity index (χ0n) is 20.2. The molecule has 1 aliphatic heterocycles. The van der Waals surface area contributed by atoms with Gasteiger partial charge in [-0.1, -0.05) is 98.6 Å². The minimum Gasteiger partial charge on any atom is -0.461 e. The SMILES string of the molecule is CCCCCCCC1=C(CCCCCC)Oc2c(cc(C(C)C)cc2C(C)C)C1. The van der Waals surface area contributed by atoms with Crippen LogP contribution in [0.4, 0.5) is 0 Å². The molecule has 0 saturated carbocycles. The highest BCUT2D eigenvalue weighted by Crippen LogP contribution is 2.41. The van der Waals surface area contributed by atoms with Crippen LogP contribution < -0.4 is 4.74 Å². The minimum atomic E-state index is 0.499. The zero-order chi connectivity index (χ0) is 21.2. The monoisotopic (exact) mass is 398 g/mol. The fourth-order valence-electron chi connectivity index (χ4n) is 4.39. The summed E-state index contributed by atoms with van der Waals surface area (Å²) in [6.07, 6.45) is 15.4. The standard InChI is InChI=1S/C28H46O/c1-7-9-11-13-14-16-23-18-25-19-24(21(3)4)20-26(22(5)6)28(25)29-27(23)17-15-12-10-8-2/h19-22H,7-18H2,1-6H3. The molecule has 2 rings (SSSR count). The van der Waals surface area contributed by atoms with Gasteiger partial charge in [-0.15, -0.1) is 0 Å². The lowest BCUT2D eigenvalue weighted by Gasteiger charge is -2.28. The van der Waals surface area contributed by atoms with E-state index in [-0.39, 0.29) is 0 Å². The molecular weight excluding hydrogens is 352 g/mol. The molecule has 0 saturated heterocycles. The van der Waals surface area contributed by atoms with Crippen LogP contribution in [0.15, 0.2) is 23.5 Å². The molecule has 0 bridgehead atoms. The predicted molar refractivity (Wildman–Crippen MR) is 128 cm³/mol. The van der Waals surface area contributed by atoms with Gasteiger partial charge in [0.05, 0.1) is 0 Å². The van der Waals surface area contributed by atoms with Crippen LogP contribution in [0.3, 0.4) is 0 Å². The summed E-state index contributed by atoms with van der Waals surface area (Å²) in [4.78, 5) is 0. The van der Waals surface area contributed by atoms with Crippen molar-refractivity contribution in [2.75, 3.05) is 0 Å². The quantitative estimate of drug-likeness (QED) is 0.301. The van der Waals surface area contributed by atoms with Gasteiger partial charge in [-0.3, -0.25) is 0 Å². The van der Waals surface area contributed by atoms with E-state index in [1.165, 1.54) is 92.4 Å². The van der Waals surface area contributed by atoms with Crippen molar-refractivity contribution in [3.05, 3.63) is 40.2 Å². The molecule has 1 aliphatic rings. The van der Waals surface area contributed by atoms with Gasteiger partial charge in [0.2, 0.25) is 0 Å². The lowest BCUT2D eigenvalue weighted by atomic mass is 9.87. The summed E-state index contributed by atoms with van der Waals surface area (Å²) in [6.45, 7) is 13.8. The highest BCUT2D eigenvalue weighted by atomic mass is 16.5. The Labute approximate surface area is 181 Å². The molecule has 1 heterocycles. The molecule has 0 amide bonds. The van der Waals surface area contributed by atoms with Gasteiger partial charge in [0.25, 0.3) is 0 Å². The Bertz CT molecular complexity index is 651. The fraction of sp³-hybridized carbons (Fsp3) is 0.714. The van der Waals surface area contributed by atoms with Gasteiger partial charge in [0, 0.05) is 12.8 Å². The summed E-state index contributed by atoms with van der Waals surface area (Å²) < 4.78 is 6.71. The number of unbranched alkanes of at least 4 members (excludes halogenated alkanes) is 7. The van der Waals surface area contributed by atoms with E-state index in [2.05, 4.69) is 53.7 Å². The maximum absolute atomic E-state index is 6.71. The van der Waals surface area contributed by atoms with Crippen molar-refractivity contribution >= 4 is 0 Å². The number of benzene rings is 1. The number of rotatable bonds is 13. The Hall–Kier alpha value is -1.24. The van der Waals surface area contributed by atoms with Gasteiger partial charge in [-0.05, 0) is 53.4 Å². The molecule has 1 nitrogen and oxygen atoms in total. The molecule has 1 aromatic rings. The summed E-state index contributed by atoms with van der Waals surface area (Å²) in [6, 6.07) is 4.83. The number of ether oxygens (including phenoxy) is 1. The summed E-state index contributed by atoms with van der Waals surface area (Å²) in [7, 11) is 0. The molecule has 1 aromatic carbocycles. The Morgan fingerprint density at radius 1 is 0.759 bits per heavy atom. The van der Waals surface area contributed by atoms with Crippen LogP contribution in [0.2, 0.25) is 0 Å². The molecule has 0 atom stereocenters. The molecule has 0 unspecified atom stereocenters. The van der Waals surface area contributed by atoms with E-state index in [1.54, 1.807) is 5.57 Å². The van der Waals surface area contributed by atoms with Crippen LogP contribution in [0, 0.1) is 0 Å². The topological polar surface area (TPSA) is 9.23 Å². The first-order chi connectivity index (χ1) is 14.0. The van der Waals surface area contributed by atoms with E-state index in [0.717, 1.165) is 12.8 Å². The van der Waals surface area contributed by atoms with Gasteiger partial charge in [-0.25, -0.2) is 0 Å². The highest BCUT2D eigenvalue weighted by Gasteiger charge is 2.24. The van der Waals surface area contributed by atoms with Crippen molar-refractivity contribution in [3.8, 4) is 5.75 Å². The molecule has 1 heteroatoms. The second kappa shape index (κ2) is 12.5. The van der Waals surface area contributed by atoms with Crippen molar-refractivity contribution in [1.82, 2.24) is 0 Å². The minimum absolute atomic E-state index is 0.499. The van der Waals surface area contributed by atoms with Crippen LogP contribution in [0.5, 0.6) is 5.75 Å². The zero-order valence-corrected chi connectivity index (χ0v) is 20.2. The van der Waals surface area contributed by atoms with E-state index in [9.17, 15) is 0 Å². The molecule has 0 radical (unpaired) electrons. The normalized spacial score (nSPS) is 13.9. The number of allylic oxidation sites excluding steroid dienone is 2. The average Bonchev–Trinajstić information content (AvgIpc) is 2.69. The third-order valence-electron chi connectivity index (χ3n) is 6.37. The molecular formula is C28H46O. The Balaban J connectivity index is 2.22. The Morgan fingerprint density at radius 2 is 1.38 bits per heavy atom. The predicted octanol–water partition coefficient (Wildman–Crippen LogP) is 9.45. The van der Waals surface area contributed by atoms with Gasteiger partial charge < -0.3 is 4.74 Å². The van der Waals surface area contributed by atoms with Crippen molar-refractivity contribution in [1.29, 1.82) is 0 Å². The maximum Gasteiger partial charge on any atom is 0.133 e. The Morgan fingerprint density at radius 3 is 2.00 bits per heavy atom. The van der Waals surface area contributed by atoms with E-state index < -0.39 is 0 Å². The van der Waals surface area contributed by atoms with E-state index >= 15 is 0 Å². The molecule has 0 aliphatic carbocycles. The average molecular weight is 399 g/mol. The van der Waals surface area contributed by atoms with Gasteiger partial charge >= 0.3 is 0 Å². The smallest absolute Gasteiger partial charge is 0.133 e. The lowest BCUT2D eigenvalue weighted by molar-refractivity contribution is 0.363. The lowest BCUT2D eigenvalue weighted by Crippen LogP contribution is -2.14. The third-order valence-corrected chi connectivity index (χ3v) is 6.37. The first kappa shape index (κ1) is 24.0. The van der Waals surface area contributed by atoms with Crippen LogP contribution in [0.25, 0.3) is 0 Å². The van der Waals surface area contributed by atoms with E-state index in [4.69, 9.17) is 4.74 Å². The van der Waals surface area contributed by atoms with Crippen molar-refractivity contribution in [2.45, 2.75) is 130 Å².